The van der Waals surface area contributed by atoms with Gasteiger partial charge in [0.1, 0.15) is 10.1 Å². The molecule has 7 heteroatoms. The number of amides is 2. The Labute approximate surface area is 161 Å². The van der Waals surface area contributed by atoms with E-state index in [1.165, 1.54) is 16.7 Å². The van der Waals surface area contributed by atoms with Gasteiger partial charge in [-0.2, -0.15) is 0 Å². The molecule has 26 heavy (non-hydrogen) atoms. The number of furan rings is 1. The van der Waals surface area contributed by atoms with Gasteiger partial charge in [0, 0.05) is 24.7 Å². The fraction of sp³-hybridized carbons (Fsp3) is 0.211. The number of carbonyl (C=O) groups excluding carboxylic acids is 2. The van der Waals surface area contributed by atoms with Gasteiger partial charge in [0.15, 0.2) is 0 Å². The third-order valence-electron chi connectivity index (χ3n) is 3.78. The number of nitrogens with one attached hydrogen (secondary N) is 1. The van der Waals surface area contributed by atoms with Crippen molar-refractivity contribution in [3.63, 3.8) is 0 Å². The molecular weight excluding hydrogens is 368 g/mol. The maximum Gasteiger partial charge on any atom is 0.266 e. The molecule has 1 fully saturated rings. The number of thioether (sulfide) groups is 1. The molecule has 3 rings (SSSR count). The first kappa shape index (κ1) is 18.4. The Hall–Kier alpha value is -2.38. The summed E-state index contributed by atoms with van der Waals surface area (Å²) < 4.78 is 5.74. The van der Waals surface area contributed by atoms with Crippen molar-refractivity contribution in [3.05, 3.63) is 58.9 Å². The summed E-state index contributed by atoms with van der Waals surface area (Å²) in [4.78, 5) is 26.6. The Morgan fingerprint density at radius 3 is 2.92 bits per heavy atom. The highest BCUT2D eigenvalue weighted by Gasteiger charge is 2.31. The molecule has 0 saturated carbocycles. The second kappa shape index (κ2) is 8.33. The Morgan fingerprint density at radius 1 is 1.35 bits per heavy atom. The number of hydrogen-bond acceptors (Lipinski definition) is 5. The summed E-state index contributed by atoms with van der Waals surface area (Å²) in [5.41, 5.74) is 1.87. The van der Waals surface area contributed by atoms with Crippen LogP contribution in [0.5, 0.6) is 0 Å². The second-order valence-electron chi connectivity index (χ2n) is 5.87. The zero-order valence-corrected chi connectivity index (χ0v) is 15.9. The fourth-order valence-corrected chi connectivity index (χ4v) is 3.83. The van der Waals surface area contributed by atoms with E-state index in [4.69, 9.17) is 16.6 Å². The first-order valence-corrected chi connectivity index (χ1v) is 9.41. The maximum atomic E-state index is 12.5. The number of benzene rings is 1. The quantitative estimate of drug-likeness (QED) is 0.595. The standard InChI is InChI=1S/C19H18N2O3S2/c1-13-5-2-6-14(11-13)20-17(22)8-3-9-21-18(23)16(26-19(21)25)12-15-7-4-10-24-15/h2,4-7,10-12H,3,8-9H2,1H3,(H,20,22)/b16-12-. The number of aryl methyl sites for hydroxylation is 1. The number of thiocarbonyl (C=S) groups is 1. The van der Waals surface area contributed by atoms with E-state index >= 15 is 0 Å². The summed E-state index contributed by atoms with van der Waals surface area (Å²) in [6, 6.07) is 11.2. The molecule has 1 aromatic carbocycles. The Balaban J connectivity index is 1.51. The molecule has 1 aromatic heterocycles. The Morgan fingerprint density at radius 2 is 2.19 bits per heavy atom. The number of rotatable bonds is 6. The van der Waals surface area contributed by atoms with Crippen molar-refractivity contribution in [1.82, 2.24) is 4.90 Å². The van der Waals surface area contributed by atoms with Gasteiger partial charge in [-0.1, -0.05) is 36.1 Å². The highest BCUT2D eigenvalue weighted by atomic mass is 32.2. The molecule has 0 bridgehead atoms. The molecular formula is C19H18N2O3S2. The van der Waals surface area contributed by atoms with Gasteiger partial charge >= 0.3 is 0 Å². The van der Waals surface area contributed by atoms with Gasteiger partial charge in [0.25, 0.3) is 5.91 Å². The van der Waals surface area contributed by atoms with Crippen molar-refractivity contribution in [2.45, 2.75) is 19.8 Å². The predicted molar refractivity (Wildman–Crippen MR) is 108 cm³/mol. The number of carbonyl (C=O) groups is 2. The topological polar surface area (TPSA) is 62.6 Å². The first-order valence-electron chi connectivity index (χ1n) is 8.18. The van der Waals surface area contributed by atoms with Crippen LogP contribution in [0.3, 0.4) is 0 Å². The number of anilines is 1. The summed E-state index contributed by atoms with van der Waals surface area (Å²) in [6.45, 7) is 2.39. The third-order valence-corrected chi connectivity index (χ3v) is 5.16. The van der Waals surface area contributed by atoms with Gasteiger partial charge in [-0.25, -0.2) is 0 Å². The first-order chi connectivity index (χ1) is 12.5. The van der Waals surface area contributed by atoms with Crippen molar-refractivity contribution in [2.24, 2.45) is 0 Å². The van der Waals surface area contributed by atoms with E-state index in [9.17, 15) is 9.59 Å². The molecule has 0 radical (unpaired) electrons. The van der Waals surface area contributed by atoms with Crippen molar-refractivity contribution < 1.29 is 14.0 Å². The van der Waals surface area contributed by atoms with Gasteiger partial charge in [-0.15, -0.1) is 0 Å². The Bertz CT molecular complexity index is 859. The Kier molecular flexibility index (Phi) is 5.90. The average Bonchev–Trinajstić information content (AvgIpc) is 3.19. The summed E-state index contributed by atoms with van der Waals surface area (Å²) in [5.74, 6) is 0.394. The van der Waals surface area contributed by atoms with Crippen LogP contribution in [-0.2, 0) is 9.59 Å². The zero-order chi connectivity index (χ0) is 18.5. The molecule has 2 aromatic rings. The smallest absolute Gasteiger partial charge is 0.266 e. The number of nitrogens with zero attached hydrogens (tertiary/aromatic N) is 1. The van der Waals surface area contributed by atoms with E-state index in [2.05, 4.69) is 5.32 Å². The minimum absolute atomic E-state index is 0.0767. The molecule has 1 aliphatic heterocycles. The summed E-state index contributed by atoms with van der Waals surface area (Å²) in [7, 11) is 0. The van der Waals surface area contributed by atoms with Crippen LogP contribution in [0.1, 0.15) is 24.2 Å². The lowest BCUT2D eigenvalue weighted by Gasteiger charge is -2.14. The molecule has 5 nitrogen and oxygen atoms in total. The van der Waals surface area contributed by atoms with Gasteiger partial charge in [0.2, 0.25) is 5.91 Å². The molecule has 134 valence electrons. The molecule has 0 aliphatic carbocycles. The van der Waals surface area contributed by atoms with Crippen LogP contribution in [0.4, 0.5) is 5.69 Å². The summed E-state index contributed by atoms with van der Waals surface area (Å²) in [5, 5.41) is 2.86. The van der Waals surface area contributed by atoms with Crippen LogP contribution in [0, 0.1) is 6.92 Å². The van der Waals surface area contributed by atoms with Crippen molar-refractivity contribution in [3.8, 4) is 0 Å². The molecule has 1 saturated heterocycles. The number of hydrogen-bond donors (Lipinski definition) is 1. The monoisotopic (exact) mass is 386 g/mol. The van der Waals surface area contributed by atoms with Crippen LogP contribution in [0.25, 0.3) is 6.08 Å². The summed E-state index contributed by atoms with van der Waals surface area (Å²) in [6.07, 6.45) is 4.10. The lowest BCUT2D eigenvalue weighted by atomic mass is 10.2. The molecule has 2 heterocycles. The van der Waals surface area contributed by atoms with Crippen LogP contribution < -0.4 is 5.32 Å². The molecule has 2 amide bonds. The molecule has 0 atom stereocenters. The lowest BCUT2D eigenvalue weighted by Crippen LogP contribution is -2.29. The molecule has 1 aliphatic rings. The minimum Gasteiger partial charge on any atom is -0.465 e. The zero-order valence-electron chi connectivity index (χ0n) is 14.2. The minimum atomic E-state index is -0.143. The fourth-order valence-electron chi connectivity index (χ4n) is 2.54. The average molecular weight is 386 g/mol. The normalized spacial score (nSPS) is 15.7. The van der Waals surface area contributed by atoms with Crippen LogP contribution in [-0.4, -0.2) is 27.6 Å². The maximum absolute atomic E-state index is 12.5. The third kappa shape index (κ3) is 4.62. The summed E-state index contributed by atoms with van der Waals surface area (Å²) >= 11 is 6.54. The largest absolute Gasteiger partial charge is 0.465 e. The van der Waals surface area contributed by atoms with Crippen LogP contribution in [0.2, 0.25) is 0 Å². The second-order valence-corrected chi connectivity index (χ2v) is 7.55. The molecule has 0 spiro atoms. The molecule has 0 unspecified atom stereocenters. The highest BCUT2D eigenvalue weighted by molar-refractivity contribution is 8.26. The predicted octanol–water partition coefficient (Wildman–Crippen LogP) is 4.21. The highest BCUT2D eigenvalue weighted by Crippen LogP contribution is 2.32. The van der Waals surface area contributed by atoms with Crippen molar-refractivity contribution in [2.75, 3.05) is 11.9 Å². The van der Waals surface area contributed by atoms with E-state index in [0.717, 1.165) is 11.3 Å². The van der Waals surface area contributed by atoms with Crippen molar-refractivity contribution >= 4 is 51.9 Å². The van der Waals surface area contributed by atoms with E-state index < -0.39 is 0 Å². The van der Waals surface area contributed by atoms with E-state index in [0.29, 0.717) is 34.4 Å². The van der Waals surface area contributed by atoms with Crippen LogP contribution >= 0.6 is 24.0 Å². The van der Waals surface area contributed by atoms with E-state index in [1.54, 1.807) is 24.5 Å². The van der Waals surface area contributed by atoms with Gasteiger partial charge in [-0.3, -0.25) is 14.5 Å². The van der Waals surface area contributed by atoms with Gasteiger partial charge < -0.3 is 9.73 Å². The molecule has 1 N–H and O–H groups in total. The van der Waals surface area contributed by atoms with Gasteiger partial charge in [-0.05, 0) is 43.2 Å². The van der Waals surface area contributed by atoms with Crippen molar-refractivity contribution in [1.29, 1.82) is 0 Å². The van der Waals surface area contributed by atoms with Gasteiger partial charge in [0.05, 0.1) is 11.2 Å². The van der Waals surface area contributed by atoms with Crippen LogP contribution in [0.15, 0.2) is 52.0 Å². The SMILES string of the molecule is Cc1cccc(NC(=O)CCCN2C(=O)/C(=C/c3ccco3)SC2=S)c1. The lowest BCUT2D eigenvalue weighted by molar-refractivity contribution is -0.122. The van der Waals surface area contributed by atoms with E-state index in [-0.39, 0.29) is 11.8 Å². The van der Waals surface area contributed by atoms with E-state index in [1.807, 2.05) is 31.2 Å².